The highest BCUT2D eigenvalue weighted by Crippen LogP contribution is 2.65. The second kappa shape index (κ2) is 3.98. The first-order valence-electron chi connectivity index (χ1n) is 7.36. The smallest absolute Gasteiger partial charge is 0.240 e. The fourth-order valence-electron chi connectivity index (χ4n) is 4.55. The summed E-state index contributed by atoms with van der Waals surface area (Å²) in [6.45, 7) is 1.83. The van der Waals surface area contributed by atoms with Crippen molar-refractivity contribution in [2.45, 2.75) is 37.1 Å². The Morgan fingerprint density at radius 1 is 1.20 bits per heavy atom. The molecular formula is C15H20N2O2S. The van der Waals surface area contributed by atoms with Crippen LogP contribution in [0.25, 0.3) is 0 Å². The van der Waals surface area contributed by atoms with Crippen LogP contribution in [0.3, 0.4) is 0 Å². The molecule has 0 heterocycles. The summed E-state index contributed by atoms with van der Waals surface area (Å²) in [5, 5.41) is 0. The maximum Gasteiger partial charge on any atom is 0.240 e. The van der Waals surface area contributed by atoms with Crippen LogP contribution in [-0.4, -0.2) is 14.5 Å². The number of aryl methyl sites for hydroxylation is 1. The molecule has 108 valence electrons. The molecule has 0 aliphatic heterocycles. The van der Waals surface area contributed by atoms with Crippen LogP contribution in [0, 0.1) is 30.6 Å². The zero-order valence-corrected chi connectivity index (χ0v) is 12.4. The third-order valence-electron chi connectivity index (χ3n) is 5.58. The largest absolute Gasteiger partial charge is 0.399 e. The fraction of sp³-hybridized carbons (Fsp3) is 0.600. The van der Waals surface area contributed by atoms with E-state index in [1.807, 2.05) is 6.92 Å². The minimum absolute atomic E-state index is 0.184. The van der Waals surface area contributed by atoms with Gasteiger partial charge in [-0.25, -0.2) is 13.1 Å². The van der Waals surface area contributed by atoms with E-state index in [4.69, 9.17) is 5.73 Å². The predicted molar refractivity (Wildman–Crippen MR) is 77.5 cm³/mol. The summed E-state index contributed by atoms with van der Waals surface area (Å²) in [5.74, 6) is 2.76. The summed E-state index contributed by atoms with van der Waals surface area (Å²) in [5.41, 5.74) is 7.19. The van der Waals surface area contributed by atoms with E-state index in [0.29, 0.717) is 22.4 Å². The average molecular weight is 292 g/mol. The molecule has 2 bridgehead atoms. The van der Waals surface area contributed by atoms with E-state index < -0.39 is 10.0 Å². The van der Waals surface area contributed by atoms with Gasteiger partial charge in [0, 0.05) is 11.7 Å². The Bertz CT molecular complexity index is 654. The Morgan fingerprint density at radius 2 is 1.85 bits per heavy atom. The summed E-state index contributed by atoms with van der Waals surface area (Å²) in [7, 11) is -3.40. The van der Waals surface area contributed by atoms with Crippen molar-refractivity contribution in [3.63, 3.8) is 0 Å². The molecule has 3 aliphatic carbocycles. The number of hydrogen-bond donors (Lipinski definition) is 2. The van der Waals surface area contributed by atoms with Crippen molar-refractivity contribution in [2.24, 2.45) is 23.7 Å². The molecule has 4 rings (SSSR count). The van der Waals surface area contributed by atoms with Gasteiger partial charge in [0.05, 0.1) is 4.90 Å². The Balaban J connectivity index is 1.55. The van der Waals surface area contributed by atoms with Crippen molar-refractivity contribution in [1.29, 1.82) is 0 Å². The molecule has 4 atom stereocenters. The van der Waals surface area contributed by atoms with Crippen molar-refractivity contribution in [2.75, 3.05) is 5.73 Å². The van der Waals surface area contributed by atoms with Crippen LogP contribution in [0.1, 0.15) is 24.8 Å². The van der Waals surface area contributed by atoms with Gasteiger partial charge in [0.2, 0.25) is 10.0 Å². The number of nitrogens with one attached hydrogen (secondary N) is 1. The summed E-state index contributed by atoms with van der Waals surface area (Å²) >= 11 is 0. The van der Waals surface area contributed by atoms with Crippen molar-refractivity contribution < 1.29 is 8.42 Å². The van der Waals surface area contributed by atoms with Gasteiger partial charge in [-0.2, -0.15) is 0 Å². The molecule has 0 spiro atoms. The van der Waals surface area contributed by atoms with E-state index in [2.05, 4.69) is 4.72 Å². The lowest BCUT2D eigenvalue weighted by Gasteiger charge is -2.12. The van der Waals surface area contributed by atoms with Crippen LogP contribution in [0.5, 0.6) is 0 Å². The second-order valence-electron chi connectivity index (χ2n) is 6.65. The highest BCUT2D eigenvalue weighted by molar-refractivity contribution is 7.89. The predicted octanol–water partition coefficient (Wildman–Crippen LogP) is 1.90. The molecule has 3 fully saturated rings. The van der Waals surface area contributed by atoms with Gasteiger partial charge in [0.15, 0.2) is 0 Å². The van der Waals surface area contributed by atoms with Crippen molar-refractivity contribution in [1.82, 2.24) is 4.72 Å². The monoisotopic (exact) mass is 292 g/mol. The maximum atomic E-state index is 12.5. The zero-order valence-electron chi connectivity index (χ0n) is 11.5. The molecule has 4 nitrogen and oxygen atoms in total. The topological polar surface area (TPSA) is 72.2 Å². The minimum atomic E-state index is -3.40. The minimum Gasteiger partial charge on any atom is -0.399 e. The first-order valence-corrected chi connectivity index (χ1v) is 8.84. The lowest BCUT2D eigenvalue weighted by molar-refractivity contribution is 0.456. The Morgan fingerprint density at radius 3 is 2.45 bits per heavy atom. The van der Waals surface area contributed by atoms with Crippen LogP contribution < -0.4 is 10.5 Å². The van der Waals surface area contributed by atoms with Crippen molar-refractivity contribution in [3.8, 4) is 0 Å². The first kappa shape index (κ1) is 12.7. The number of fused-ring (bicyclic) bond motifs is 5. The molecule has 0 amide bonds. The molecule has 3 aliphatic rings. The van der Waals surface area contributed by atoms with E-state index in [0.717, 1.165) is 17.4 Å². The van der Waals surface area contributed by atoms with Crippen LogP contribution in [0.2, 0.25) is 0 Å². The van der Waals surface area contributed by atoms with Crippen LogP contribution in [-0.2, 0) is 10.0 Å². The van der Waals surface area contributed by atoms with Gasteiger partial charge in [0.1, 0.15) is 0 Å². The van der Waals surface area contributed by atoms with Gasteiger partial charge in [-0.1, -0.05) is 0 Å². The van der Waals surface area contributed by atoms with Gasteiger partial charge in [0.25, 0.3) is 0 Å². The average Bonchev–Trinajstić information content (AvgIpc) is 2.81. The quantitative estimate of drug-likeness (QED) is 0.836. The summed E-state index contributed by atoms with van der Waals surface area (Å²) in [6, 6.07) is 5.10. The number of nitrogens with two attached hydrogens (primary N) is 1. The number of rotatable bonds is 3. The van der Waals surface area contributed by atoms with E-state index in [1.165, 1.54) is 19.3 Å². The van der Waals surface area contributed by atoms with Gasteiger partial charge in [-0.05, 0) is 73.6 Å². The normalized spacial score (nSPS) is 38.0. The van der Waals surface area contributed by atoms with Crippen molar-refractivity contribution >= 4 is 15.7 Å². The standard InChI is InChI=1S/C15H20N2O2S/c1-8-6-11(4-5-12(8)16)20(18,19)17-15-13-9-2-3-10(7-9)14(13)15/h4-6,9-10,13-15,17H,2-3,7,16H2,1H3. The van der Waals surface area contributed by atoms with Gasteiger partial charge < -0.3 is 5.73 Å². The number of sulfonamides is 1. The lowest BCUT2D eigenvalue weighted by Crippen LogP contribution is -2.30. The molecule has 20 heavy (non-hydrogen) atoms. The van der Waals surface area contributed by atoms with E-state index in [-0.39, 0.29) is 6.04 Å². The molecule has 3 saturated carbocycles. The Hall–Kier alpha value is -1.07. The third kappa shape index (κ3) is 1.72. The summed E-state index contributed by atoms with van der Waals surface area (Å²) in [4.78, 5) is 0.335. The maximum absolute atomic E-state index is 12.5. The van der Waals surface area contributed by atoms with Crippen molar-refractivity contribution in [3.05, 3.63) is 23.8 Å². The molecule has 0 saturated heterocycles. The number of benzene rings is 1. The van der Waals surface area contributed by atoms with Crippen LogP contribution in [0.15, 0.2) is 23.1 Å². The third-order valence-corrected chi connectivity index (χ3v) is 7.04. The highest BCUT2D eigenvalue weighted by Gasteiger charge is 2.65. The molecule has 0 aromatic heterocycles. The van der Waals surface area contributed by atoms with E-state index in [9.17, 15) is 8.42 Å². The number of anilines is 1. The summed E-state index contributed by atoms with van der Waals surface area (Å²) < 4.78 is 27.8. The summed E-state index contributed by atoms with van der Waals surface area (Å²) in [6.07, 6.45) is 3.92. The van der Waals surface area contributed by atoms with Gasteiger partial charge >= 0.3 is 0 Å². The SMILES string of the molecule is Cc1cc(S(=O)(=O)NC2C3C4CCC(C4)C23)ccc1N. The molecule has 1 aromatic rings. The van der Waals surface area contributed by atoms with Gasteiger partial charge in [-0.15, -0.1) is 0 Å². The van der Waals surface area contributed by atoms with E-state index >= 15 is 0 Å². The molecular weight excluding hydrogens is 272 g/mol. The molecule has 1 aromatic carbocycles. The number of hydrogen-bond acceptors (Lipinski definition) is 3. The highest BCUT2D eigenvalue weighted by atomic mass is 32.2. The first-order chi connectivity index (χ1) is 9.47. The fourth-order valence-corrected chi connectivity index (χ4v) is 5.93. The molecule has 0 radical (unpaired) electrons. The van der Waals surface area contributed by atoms with Gasteiger partial charge in [-0.3, -0.25) is 0 Å². The molecule has 5 heteroatoms. The Labute approximate surface area is 119 Å². The zero-order chi connectivity index (χ0) is 14.1. The van der Waals surface area contributed by atoms with Crippen LogP contribution in [0.4, 0.5) is 5.69 Å². The number of nitrogen functional groups attached to an aromatic ring is 1. The molecule has 4 unspecified atom stereocenters. The Kier molecular flexibility index (Phi) is 2.52. The lowest BCUT2D eigenvalue weighted by atomic mass is 10.0. The van der Waals surface area contributed by atoms with E-state index in [1.54, 1.807) is 18.2 Å². The van der Waals surface area contributed by atoms with Crippen LogP contribution >= 0.6 is 0 Å². The molecule has 3 N–H and O–H groups in total. The second-order valence-corrected chi connectivity index (χ2v) is 8.37.